The molecule has 0 aliphatic heterocycles. The fourth-order valence-electron chi connectivity index (χ4n) is 3.21. The quantitative estimate of drug-likeness (QED) is 0.311. The van der Waals surface area contributed by atoms with Crippen molar-refractivity contribution in [3.05, 3.63) is 91.4 Å². The lowest BCUT2D eigenvalue weighted by Gasteiger charge is -2.34. The number of phenolic OH excluding ortho intramolecular Hbond substituents is 2. The zero-order valence-electron chi connectivity index (χ0n) is 14.3. The first-order chi connectivity index (χ1) is 13.5. The molecule has 0 radical (unpaired) electrons. The SMILES string of the molecule is O=S(=O)(O)C(c1ccc(Cl)cc1)(c1ccc(Cl)c(O)c1Cl)c1c(O)cccc1Cl. The van der Waals surface area contributed by atoms with E-state index in [0.717, 1.165) is 0 Å². The lowest BCUT2D eigenvalue weighted by molar-refractivity contribution is 0.439. The van der Waals surface area contributed by atoms with Gasteiger partial charge in [-0.15, -0.1) is 0 Å². The fourth-order valence-corrected chi connectivity index (χ4v) is 5.63. The summed E-state index contributed by atoms with van der Waals surface area (Å²) in [5.41, 5.74) is -0.652. The summed E-state index contributed by atoms with van der Waals surface area (Å²) in [6.07, 6.45) is 0. The van der Waals surface area contributed by atoms with Gasteiger partial charge in [0.25, 0.3) is 10.1 Å². The summed E-state index contributed by atoms with van der Waals surface area (Å²) in [5, 5.41) is 20.4. The molecule has 0 spiro atoms. The van der Waals surface area contributed by atoms with Crippen molar-refractivity contribution in [1.29, 1.82) is 0 Å². The number of hydrogen-bond acceptors (Lipinski definition) is 4. The van der Waals surface area contributed by atoms with E-state index in [0.29, 0.717) is 5.02 Å². The number of aromatic hydroxyl groups is 2. The summed E-state index contributed by atoms with van der Waals surface area (Å²) in [6, 6.07) is 11.8. The van der Waals surface area contributed by atoms with Crippen LogP contribution in [0, 0.1) is 0 Å². The molecule has 1 unspecified atom stereocenters. The summed E-state index contributed by atoms with van der Waals surface area (Å²) in [6.45, 7) is 0. The predicted octanol–water partition coefficient (Wildman–Crippen LogP) is 5.89. The highest BCUT2D eigenvalue weighted by molar-refractivity contribution is 7.87. The van der Waals surface area contributed by atoms with Gasteiger partial charge in [0.05, 0.1) is 10.0 Å². The molecule has 0 heterocycles. The number of halogens is 4. The van der Waals surface area contributed by atoms with Crippen LogP contribution in [-0.2, 0) is 14.9 Å². The first kappa shape index (κ1) is 22.0. The summed E-state index contributed by atoms with van der Waals surface area (Å²) in [4.78, 5) is 0. The fraction of sp³-hybridized carbons (Fsp3) is 0.0526. The molecular weight excluding hydrogens is 482 g/mol. The summed E-state index contributed by atoms with van der Waals surface area (Å²) < 4.78 is 33.9. The molecule has 29 heavy (non-hydrogen) atoms. The van der Waals surface area contributed by atoms with Gasteiger partial charge in [0.1, 0.15) is 5.75 Å². The monoisotopic (exact) mass is 492 g/mol. The largest absolute Gasteiger partial charge is 0.508 e. The van der Waals surface area contributed by atoms with E-state index < -0.39 is 31.4 Å². The normalized spacial score (nSPS) is 13.8. The number of phenols is 2. The minimum atomic E-state index is -5.12. The van der Waals surface area contributed by atoms with Crippen LogP contribution in [0.3, 0.4) is 0 Å². The van der Waals surface area contributed by atoms with Crippen molar-refractivity contribution in [2.75, 3.05) is 0 Å². The van der Waals surface area contributed by atoms with Crippen LogP contribution in [0.5, 0.6) is 11.5 Å². The molecule has 0 saturated carbocycles. The van der Waals surface area contributed by atoms with Crippen LogP contribution in [0.1, 0.15) is 16.7 Å². The van der Waals surface area contributed by atoms with Gasteiger partial charge in [0.2, 0.25) is 0 Å². The third-order valence-corrected chi connectivity index (χ3v) is 7.12. The highest BCUT2D eigenvalue weighted by Gasteiger charge is 2.52. The molecular formula is C19H12Cl4O5S. The Labute approximate surface area is 186 Å². The van der Waals surface area contributed by atoms with Gasteiger partial charge in [0.15, 0.2) is 10.5 Å². The number of benzene rings is 3. The highest BCUT2D eigenvalue weighted by Crippen LogP contribution is 2.53. The molecule has 3 rings (SSSR count). The van der Waals surface area contributed by atoms with Gasteiger partial charge in [0, 0.05) is 21.2 Å². The molecule has 152 valence electrons. The van der Waals surface area contributed by atoms with Gasteiger partial charge in [-0.05, 0) is 35.9 Å². The Balaban J connectivity index is 2.63. The van der Waals surface area contributed by atoms with E-state index >= 15 is 0 Å². The predicted molar refractivity (Wildman–Crippen MR) is 114 cm³/mol. The standard InChI is InChI=1S/C19H12Cl4O5S/c20-11-6-4-10(5-7-11)19(29(26,27)28,16-13(21)2-1-3-15(16)24)12-8-9-14(22)18(25)17(12)23/h1-9,24-25H,(H,26,27,28). The molecule has 3 N–H and O–H groups in total. The summed E-state index contributed by atoms with van der Waals surface area (Å²) >= 11 is 24.4. The van der Waals surface area contributed by atoms with Crippen LogP contribution in [0.4, 0.5) is 0 Å². The average Bonchev–Trinajstić information content (AvgIpc) is 2.64. The molecule has 1 atom stereocenters. The molecule has 0 aromatic heterocycles. The third-order valence-electron chi connectivity index (χ3n) is 4.43. The summed E-state index contributed by atoms with van der Waals surface area (Å²) in [5.74, 6) is -1.12. The second kappa shape index (κ2) is 7.87. The minimum Gasteiger partial charge on any atom is -0.508 e. The number of rotatable bonds is 4. The van der Waals surface area contributed by atoms with E-state index in [9.17, 15) is 23.2 Å². The Morgan fingerprint density at radius 3 is 1.97 bits per heavy atom. The van der Waals surface area contributed by atoms with Crippen LogP contribution in [0.15, 0.2) is 54.6 Å². The number of hydrogen-bond donors (Lipinski definition) is 3. The van der Waals surface area contributed by atoms with E-state index in [1.165, 1.54) is 54.6 Å². The molecule has 0 aliphatic carbocycles. The zero-order chi connectivity index (χ0) is 21.6. The van der Waals surface area contributed by atoms with Crippen molar-refractivity contribution in [3.63, 3.8) is 0 Å². The maximum absolute atomic E-state index is 13.0. The molecule has 0 aliphatic rings. The van der Waals surface area contributed by atoms with Crippen molar-refractivity contribution in [2.45, 2.75) is 4.75 Å². The van der Waals surface area contributed by atoms with Crippen LogP contribution in [-0.4, -0.2) is 23.2 Å². The Morgan fingerprint density at radius 1 is 0.793 bits per heavy atom. The first-order valence-electron chi connectivity index (χ1n) is 7.90. The van der Waals surface area contributed by atoms with Crippen LogP contribution in [0.2, 0.25) is 20.1 Å². The van der Waals surface area contributed by atoms with Crippen molar-refractivity contribution < 1.29 is 23.2 Å². The van der Waals surface area contributed by atoms with Gasteiger partial charge in [-0.3, -0.25) is 4.55 Å². The molecule has 0 amide bonds. The second-order valence-corrected chi connectivity index (χ2v) is 9.25. The highest BCUT2D eigenvalue weighted by atomic mass is 35.5. The average molecular weight is 494 g/mol. The van der Waals surface area contributed by atoms with Gasteiger partial charge < -0.3 is 10.2 Å². The molecule has 3 aromatic carbocycles. The minimum absolute atomic E-state index is 0.0311. The molecule has 10 heteroatoms. The summed E-state index contributed by atoms with van der Waals surface area (Å²) in [7, 11) is -5.12. The van der Waals surface area contributed by atoms with E-state index in [4.69, 9.17) is 46.4 Å². The molecule has 5 nitrogen and oxygen atoms in total. The van der Waals surface area contributed by atoms with Crippen LogP contribution >= 0.6 is 46.4 Å². The first-order valence-corrected chi connectivity index (χ1v) is 10.9. The van der Waals surface area contributed by atoms with Crippen molar-refractivity contribution >= 4 is 56.5 Å². The Kier molecular flexibility index (Phi) is 5.98. The maximum atomic E-state index is 13.0. The third kappa shape index (κ3) is 3.54. The lowest BCUT2D eigenvalue weighted by Crippen LogP contribution is -2.39. The van der Waals surface area contributed by atoms with Crippen molar-refractivity contribution in [2.24, 2.45) is 0 Å². The topological polar surface area (TPSA) is 94.8 Å². The Morgan fingerprint density at radius 2 is 1.41 bits per heavy atom. The van der Waals surface area contributed by atoms with Crippen molar-refractivity contribution in [1.82, 2.24) is 0 Å². The van der Waals surface area contributed by atoms with E-state index in [1.54, 1.807) is 0 Å². The molecule has 3 aromatic rings. The smallest absolute Gasteiger partial charge is 0.283 e. The van der Waals surface area contributed by atoms with E-state index in [-0.39, 0.29) is 26.7 Å². The van der Waals surface area contributed by atoms with Gasteiger partial charge in [-0.25, -0.2) is 0 Å². The van der Waals surface area contributed by atoms with E-state index in [2.05, 4.69) is 0 Å². The van der Waals surface area contributed by atoms with Gasteiger partial charge in [-0.1, -0.05) is 70.7 Å². The lowest BCUT2D eigenvalue weighted by atomic mass is 9.83. The van der Waals surface area contributed by atoms with Crippen LogP contribution < -0.4 is 0 Å². The van der Waals surface area contributed by atoms with E-state index in [1.807, 2.05) is 0 Å². The molecule has 0 fully saturated rings. The molecule has 0 bridgehead atoms. The maximum Gasteiger partial charge on any atom is 0.283 e. The Bertz CT molecular complexity index is 1180. The van der Waals surface area contributed by atoms with Crippen molar-refractivity contribution in [3.8, 4) is 11.5 Å². The Hall–Kier alpha value is -1.67. The van der Waals surface area contributed by atoms with Crippen LogP contribution in [0.25, 0.3) is 0 Å². The zero-order valence-corrected chi connectivity index (χ0v) is 18.1. The second-order valence-electron chi connectivity index (χ2n) is 6.05. The molecule has 0 saturated heterocycles. The van der Waals surface area contributed by atoms with Gasteiger partial charge in [-0.2, -0.15) is 8.42 Å². The van der Waals surface area contributed by atoms with Gasteiger partial charge >= 0.3 is 0 Å².